The lowest BCUT2D eigenvalue weighted by Crippen LogP contribution is -2.12. The molecule has 0 spiro atoms. The lowest BCUT2D eigenvalue weighted by molar-refractivity contribution is 0.0217. The second kappa shape index (κ2) is 6.31. The van der Waals surface area contributed by atoms with Gasteiger partial charge >= 0.3 is 0 Å². The Morgan fingerprint density at radius 1 is 1.40 bits per heavy atom. The molecular weight excluding hydrogens is 254 g/mol. The highest BCUT2D eigenvalue weighted by molar-refractivity contribution is 5.55. The molecule has 0 saturated carbocycles. The number of nitriles is 1. The molecule has 0 saturated heterocycles. The van der Waals surface area contributed by atoms with Crippen LogP contribution in [0.5, 0.6) is 0 Å². The Bertz CT molecular complexity index is 614. The summed E-state index contributed by atoms with van der Waals surface area (Å²) in [6.45, 7) is 6.63. The summed E-state index contributed by atoms with van der Waals surface area (Å²) in [5.74, 6) is 1.20. The van der Waals surface area contributed by atoms with E-state index in [2.05, 4.69) is 16.2 Å². The number of benzene rings is 1. The van der Waals surface area contributed by atoms with Crippen molar-refractivity contribution in [2.45, 2.75) is 26.9 Å². The summed E-state index contributed by atoms with van der Waals surface area (Å²) < 4.78 is 10.9. The molecule has 0 fully saturated rings. The van der Waals surface area contributed by atoms with E-state index in [1.54, 1.807) is 18.2 Å². The third kappa shape index (κ3) is 3.03. The smallest absolute Gasteiger partial charge is 0.258 e. The first-order chi connectivity index (χ1) is 9.65. The van der Waals surface area contributed by atoms with E-state index >= 15 is 0 Å². The van der Waals surface area contributed by atoms with E-state index < -0.39 is 0 Å². The van der Waals surface area contributed by atoms with E-state index in [4.69, 9.17) is 14.5 Å². The van der Waals surface area contributed by atoms with Crippen molar-refractivity contribution in [2.75, 3.05) is 6.61 Å². The van der Waals surface area contributed by atoms with Gasteiger partial charge in [-0.3, -0.25) is 0 Å². The van der Waals surface area contributed by atoms with Crippen molar-refractivity contribution in [2.24, 2.45) is 5.92 Å². The molecule has 0 bridgehead atoms. The number of hydrogen-bond acceptors (Lipinski definition) is 5. The largest absolute Gasteiger partial charge is 0.370 e. The Morgan fingerprint density at radius 2 is 2.20 bits per heavy atom. The van der Waals surface area contributed by atoms with Gasteiger partial charge in [-0.25, -0.2) is 0 Å². The lowest BCUT2D eigenvalue weighted by atomic mass is 10.1. The molecule has 0 aliphatic heterocycles. The highest BCUT2D eigenvalue weighted by Gasteiger charge is 2.22. The van der Waals surface area contributed by atoms with E-state index in [0.29, 0.717) is 23.9 Å². The van der Waals surface area contributed by atoms with Crippen molar-refractivity contribution in [3.8, 4) is 17.5 Å². The quantitative estimate of drug-likeness (QED) is 0.833. The zero-order chi connectivity index (χ0) is 14.5. The SMILES string of the molecule is CCOC(c1noc(-c2cccc(C#N)c2)n1)C(C)C. The zero-order valence-corrected chi connectivity index (χ0v) is 11.8. The molecule has 1 heterocycles. The summed E-state index contributed by atoms with van der Waals surface area (Å²) in [4.78, 5) is 4.38. The summed E-state index contributed by atoms with van der Waals surface area (Å²) in [6.07, 6.45) is -0.184. The van der Waals surface area contributed by atoms with Crippen LogP contribution in [0, 0.1) is 17.2 Å². The molecule has 0 aliphatic rings. The fourth-order valence-electron chi connectivity index (χ4n) is 1.93. The Morgan fingerprint density at radius 3 is 2.85 bits per heavy atom. The highest BCUT2D eigenvalue weighted by atomic mass is 16.5. The summed E-state index contributed by atoms with van der Waals surface area (Å²) in [7, 11) is 0. The normalized spacial score (nSPS) is 12.3. The lowest BCUT2D eigenvalue weighted by Gasteiger charge is -2.16. The van der Waals surface area contributed by atoms with Crippen LogP contribution in [-0.2, 0) is 4.74 Å². The number of ether oxygens (including phenoxy) is 1. The number of aromatic nitrogens is 2. The third-order valence-corrected chi connectivity index (χ3v) is 2.89. The molecule has 0 aliphatic carbocycles. The first-order valence-corrected chi connectivity index (χ1v) is 6.61. The molecule has 2 aromatic rings. The van der Waals surface area contributed by atoms with Crippen molar-refractivity contribution in [3.63, 3.8) is 0 Å². The van der Waals surface area contributed by atoms with Gasteiger partial charge in [0.15, 0.2) is 0 Å². The molecule has 5 heteroatoms. The molecule has 1 aromatic carbocycles. The Hall–Kier alpha value is -2.19. The van der Waals surface area contributed by atoms with Gasteiger partial charge < -0.3 is 9.26 Å². The van der Waals surface area contributed by atoms with Gasteiger partial charge in [0.05, 0.1) is 11.6 Å². The van der Waals surface area contributed by atoms with Gasteiger partial charge in [-0.05, 0) is 31.0 Å². The maximum atomic E-state index is 8.91. The van der Waals surface area contributed by atoms with Gasteiger partial charge in [-0.2, -0.15) is 10.2 Å². The molecule has 104 valence electrons. The minimum atomic E-state index is -0.184. The molecule has 0 N–H and O–H groups in total. The molecular formula is C15H17N3O2. The highest BCUT2D eigenvalue weighted by Crippen LogP contribution is 2.26. The molecule has 5 nitrogen and oxygen atoms in total. The molecule has 1 unspecified atom stereocenters. The third-order valence-electron chi connectivity index (χ3n) is 2.89. The van der Waals surface area contributed by atoms with Crippen molar-refractivity contribution < 1.29 is 9.26 Å². The Labute approximate surface area is 118 Å². The van der Waals surface area contributed by atoms with E-state index in [-0.39, 0.29) is 12.0 Å². The second-order valence-electron chi connectivity index (χ2n) is 4.77. The van der Waals surface area contributed by atoms with Crippen molar-refractivity contribution in [1.82, 2.24) is 10.1 Å². The standard InChI is InChI=1S/C15H17N3O2/c1-4-19-13(10(2)3)14-17-15(20-18-14)12-7-5-6-11(8-12)9-16/h5-8,10,13H,4H2,1-3H3. The predicted molar refractivity (Wildman–Crippen MR) is 73.7 cm³/mol. The number of rotatable bonds is 5. The van der Waals surface area contributed by atoms with Crippen LogP contribution < -0.4 is 0 Å². The maximum Gasteiger partial charge on any atom is 0.258 e. The van der Waals surface area contributed by atoms with E-state index in [1.165, 1.54) is 0 Å². The fourth-order valence-corrected chi connectivity index (χ4v) is 1.93. The predicted octanol–water partition coefficient (Wildman–Crippen LogP) is 3.34. The van der Waals surface area contributed by atoms with E-state index in [1.807, 2.05) is 26.8 Å². The van der Waals surface area contributed by atoms with Crippen LogP contribution in [0.1, 0.15) is 38.3 Å². The Kier molecular flexibility index (Phi) is 4.49. The fraction of sp³-hybridized carbons (Fsp3) is 0.400. The second-order valence-corrected chi connectivity index (χ2v) is 4.77. The van der Waals surface area contributed by atoms with Gasteiger partial charge in [0.25, 0.3) is 5.89 Å². The monoisotopic (exact) mass is 271 g/mol. The van der Waals surface area contributed by atoms with Crippen LogP contribution in [0.25, 0.3) is 11.5 Å². The van der Waals surface area contributed by atoms with Crippen molar-refractivity contribution in [1.29, 1.82) is 5.26 Å². The molecule has 0 amide bonds. The van der Waals surface area contributed by atoms with Crippen LogP contribution >= 0.6 is 0 Å². The first kappa shape index (κ1) is 14.2. The van der Waals surface area contributed by atoms with Crippen LogP contribution in [0.4, 0.5) is 0 Å². The molecule has 0 radical (unpaired) electrons. The number of hydrogen-bond donors (Lipinski definition) is 0. The van der Waals surface area contributed by atoms with Gasteiger partial charge in [-0.1, -0.05) is 25.1 Å². The van der Waals surface area contributed by atoms with Crippen molar-refractivity contribution in [3.05, 3.63) is 35.7 Å². The average Bonchev–Trinajstić information content (AvgIpc) is 2.94. The summed E-state index contributed by atoms with van der Waals surface area (Å²) in [5.41, 5.74) is 1.30. The first-order valence-electron chi connectivity index (χ1n) is 6.61. The minimum Gasteiger partial charge on any atom is -0.370 e. The minimum absolute atomic E-state index is 0.184. The summed E-state index contributed by atoms with van der Waals surface area (Å²) in [5, 5.41) is 12.9. The van der Waals surface area contributed by atoms with Gasteiger partial charge in [-0.15, -0.1) is 0 Å². The Balaban J connectivity index is 2.30. The van der Waals surface area contributed by atoms with Gasteiger partial charge in [0, 0.05) is 12.2 Å². The van der Waals surface area contributed by atoms with E-state index in [9.17, 15) is 0 Å². The van der Waals surface area contributed by atoms with E-state index in [0.717, 1.165) is 5.56 Å². The van der Waals surface area contributed by atoms with Crippen LogP contribution in [-0.4, -0.2) is 16.7 Å². The van der Waals surface area contributed by atoms with Gasteiger partial charge in [0.1, 0.15) is 6.10 Å². The van der Waals surface area contributed by atoms with Crippen LogP contribution in [0.3, 0.4) is 0 Å². The number of nitrogens with zero attached hydrogens (tertiary/aromatic N) is 3. The summed E-state index contributed by atoms with van der Waals surface area (Å²) in [6, 6.07) is 9.18. The average molecular weight is 271 g/mol. The van der Waals surface area contributed by atoms with Crippen molar-refractivity contribution >= 4 is 0 Å². The molecule has 20 heavy (non-hydrogen) atoms. The summed E-state index contributed by atoms with van der Waals surface area (Å²) >= 11 is 0. The zero-order valence-electron chi connectivity index (χ0n) is 11.8. The maximum absolute atomic E-state index is 8.91. The van der Waals surface area contributed by atoms with Gasteiger partial charge in [0.2, 0.25) is 5.82 Å². The topological polar surface area (TPSA) is 71.9 Å². The van der Waals surface area contributed by atoms with Crippen LogP contribution in [0.15, 0.2) is 28.8 Å². The molecule has 1 aromatic heterocycles. The molecule has 2 rings (SSSR count). The molecule has 1 atom stereocenters. The van der Waals surface area contributed by atoms with Crippen LogP contribution in [0.2, 0.25) is 0 Å².